The molecule has 0 aliphatic heterocycles. The molecule has 0 aromatic carbocycles. The zero-order chi connectivity index (χ0) is 60.5. The van der Waals surface area contributed by atoms with Crippen molar-refractivity contribution in [2.45, 2.75) is 283 Å². The third-order valence-corrected chi connectivity index (χ3v) is 15.2. The predicted molar refractivity (Wildman–Crippen MR) is 355 cm³/mol. The van der Waals surface area contributed by atoms with Crippen LogP contribution >= 0.6 is 7.82 Å². The molecule has 2 atom stereocenters. The highest BCUT2D eigenvalue weighted by Gasteiger charge is 2.22. The summed E-state index contributed by atoms with van der Waals surface area (Å²) in [6.45, 7) is 4.13. The molecule has 10 heteroatoms. The molecular weight excluding hydrogens is 1050 g/mol. The minimum absolute atomic E-state index is 0.0383. The summed E-state index contributed by atoms with van der Waals surface area (Å²) >= 11 is 0. The maximum absolute atomic E-state index is 12.8. The molecular formula is C73H126NO8P. The van der Waals surface area contributed by atoms with E-state index in [1.807, 2.05) is 21.1 Å². The van der Waals surface area contributed by atoms with E-state index in [9.17, 15) is 19.0 Å². The van der Waals surface area contributed by atoms with Crippen LogP contribution in [0.15, 0.2) is 122 Å². The first-order valence-electron chi connectivity index (χ1n) is 33.7. The summed E-state index contributed by atoms with van der Waals surface area (Å²) < 4.78 is 34.3. The van der Waals surface area contributed by atoms with Crippen molar-refractivity contribution >= 4 is 19.8 Å². The second kappa shape index (κ2) is 62.9. The zero-order valence-corrected chi connectivity index (χ0v) is 55.0. The van der Waals surface area contributed by atoms with Gasteiger partial charge >= 0.3 is 11.9 Å². The number of nitrogens with zero attached hydrogens (tertiary/aromatic N) is 1. The number of esters is 2. The fourth-order valence-corrected chi connectivity index (χ4v) is 9.83. The van der Waals surface area contributed by atoms with Crippen LogP contribution in [-0.2, 0) is 32.7 Å². The average Bonchev–Trinajstić information content (AvgIpc) is 3.49. The first-order valence-corrected chi connectivity index (χ1v) is 35.2. The maximum atomic E-state index is 12.8. The summed E-state index contributed by atoms with van der Waals surface area (Å²) in [5, 5.41) is 0. The van der Waals surface area contributed by atoms with Crippen LogP contribution in [0, 0.1) is 0 Å². The van der Waals surface area contributed by atoms with Gasteiger partial charge in [0.1, 0.15) is 19.8 Å². The molecule has 476 valence electrons. The van der Waals surface area contributed by atoms with E-state index in [1.54, 1.807) is 0 Å². The molecule has 0 amide bonds. The van der Waals surface area contributed by atoms with Gasteiger partial charge in [-0.15, -0.1) is 0 Å². The Kier molecular flexibility index (Phi) is 60.2. The summed E-state index contributed by atoms with van der Waals surface area (Å²) in [5.41, 5.74) is 0. The van der Waals surface area contributed by atoms with E-state index >= 15 is 0 Å². The number of ether oxygens (including phenoxy) is 2. The van der Waals surface area contributed by atoms with E-state index in [4.69, 9.17) is 18.5 Å². The lowest BCUT2D eigenvalue weighted by molar-refractivity contribution is -0.870. The largest absolute Gasteiger partial charge is 0.756 e. The van der Waals surface area contributed by atoms with Crippen molar-refractivity contribution in [3.63, 3.8) is 0 Å². The highest BCUT2D eigenvalue weighted by molar-refractivity contribution is 7.45. The van der Waals surface area contributed by atoms with E-state index in [0.29, 0.717) is 17.4 Å². The number of carbonyl (C=O) groups excluding carboxylic acids is 2. The summed E-state index contributed by atoms with van der Waals surface area (Å²) in [6, 6.07) is 0. The van der Waals surface area contributed by atoms with Gasteiger partial charge in [-0.25, -0.2) is 0 Å². The highest BCUT2D eigenvalue weighted by atomic mass is 31.2. The van der Waals surface area contributed by atoms with Crippen molar-refractivity contribution in [2.24, 2.45) is 0 Å². The Bertz CT molecular complexity index is 1820. The van der Waals surface area contributed by atoms with E-state index in [1.165, 1.54) is 122 Å². The van der Waals surface area contributed by atoms with Gasteiger partial charge in [0, 0.05) is 12.8 Å². The Morgan fingerprint density at radius 1 is 0.386 bits per heavy atom. The van der Waals surface area contributed by atoms with Crippen molar-refractivity contribution in [1.29, 1.82) is 0 Å². The number of rotatable bonds is 61. The van der Waals surface area contributed by atoms with Crippen LogP contribution in [0.5, 0.6) is 0 Å². The van der Waals surface area contributed by atoms with Crippen LogP contribution in [0.4, 0.5) is 0 Å². The fraction of sp³-hybridized carbons (Fsp3) is 0.699. The zero-order valence-electron chi connectivity index (χ0n) is 54.1. The first kappa shape index (κ1) is 79.4. The molecule has 9 nitrogen and oxygen atoms in total. The number of hydrogen-bond donors (Lipinski definition) is 0. The minimum atomic E-state index is -4.65. The summed E-state index contributed by atoms with van der Waals surface area (Å²) in [5.74, 6) is -0.847. The molecule has 0 aliphatic rings. The molecule has 0 spiro atoms. The number of phosphoric acid groups is 1. The molecule has 2 unspecified atom stereocenters. The Morgan fingerprint density at radius 3 is 1.02 bits per heavy atom. The fourth-order valence-electron chi connectivity index (χ4n) is 9.10. The van der Waals surface area contributed by atoms with Crippen molar-refractivity contribution in [3.05, 3.63) is 122 Å². The topological polar surface area (TPSA) is 111 Å². The number of allylic oxidation sites excluding steroid dienone is 20. The SMILES string of the molecule is CC/C=C\C/C=C\C/C=C\C/C=C\C/C=C\C/C=C\C/C=C\C/C=C\C/C=C\C/C=C\CCCCCCCCC(=O)OC(COC(=O)CCCCCCCCCCCCCCCCCCCCCCCC)COP(=O)([O-])OCC[N+](C)(C)C. The molecule has 0 rings (SSSR count). The second-order valence-electron chi connectivity index (χ2n) is 23.5. The first-order chi connectivity index (χ1) is 40.5. The molecule has 0 bridgehead atoms. The van der Waals surface area contributed by atoms with Crippen LogP contribution < -0.4 is 4.89 Å². The van der Waals surface area contributed by atoms with E-state index in [0.717, 1.165) is 122 Å². The van der Waals surface area contributed by atoms with Crippen molar-refractivity contribution in [1.82, 2.24) is 0 Å². The summed E-state index contributed by atoms with van der Waals surface area (Å²) in [4.78, 5) is 38.0. The molecule has 0 heterocycles. The number of carbonyl (C=O) groups is 2. The van der Waals surface area contributed by atoms with E-state index in [-0.39, 0.29) is 32.0 Å². The predicted octanol–water partition coefficient (Wildman–Crippen LogP) is 21.2. The number of quaternary nitrogens is 1. The summed E-state index contributed by atoms with van der Waals surface area (Å²) in [7, 11) is 1.15. The lowest BCUT2D eigenvalue weighted by atomic mass is 10.0. The molecule has 0 saturated carbocycles. The quantitative estimate of drug-likeness (QED) is 0.0195. The Balaban J connectivity index is 4.15. The molecule has 0 fully saturated rings. The lowest BCUT2D eigenvalue weighted by Gasteiger charge is -2.28. The van der Waals surface area contributed by atoms with Gasteiger partial charge in [-0.1, -0.05) is 296 Å². The lowest BCUT2D eigenvalue weighted by Crippen LogP contribution is -2.37. The van der Waals surface area contributed by atoms with Gasteiger partial charge < -0.3 is 27.9 Å². The van der Waals surface area contributed by atoms with E-state index < -0.39 is 26.5 Å². The average molecular weight is 1180 g/mol. The standard InChI is InChI=1S/C73H126NO8P/c1-6-8-10-12-14-16-18-20-22-24-26-28-30-31-32-33-34-35-36-37-38-39-40-41-42-43-44-46-48-50-52-54-56-58-60-62-64-66-73(76)82-71(70-81-83(77,78)80-68-67-74(3,4)5)69-79-72(75)65-63-61-59-57-55-53-51-49-47-45-29-27-25-23-21-19-17-15-13-11-9-7-2/h8,10,14,16,20,22,26,28,31-32,34-35,37-38,40-41,43-44,48,50,71H,6-7,9,11-13,15,17-19,21,23-25,27,29-30,33,36,39,42,45-47,49,51-70H2,1-5H3/b10-8-,16-14-,22-20-,28-26-,32-31-,35-34-,38-37-,41-40-,44-43-,50-48-. The smallest absolute Gasteiger partial charge is 0.306 e. The van der Waals surface area contributed by atoms with E-state index in [2.05, 4.69) is 135 Å². The summed E-state index contributed by atoms with van der Waals surface area (Å²) in [6.07, 6.45) is 89.8. The third kappa shape index (κ3) is 67.4. The Morgan fingerprint density at radius 2 is 0.687 bits per heavy atom. The molecule has 0 saturated heterocycles. The van der Waals surface area contributed by atoms with Crippen molar-refractivity contribution in [2.75, 3.05) is 47.5 Å². The van der Waals surface area contributed by atoms with Gasteiger partial charge in [-0.2, -0.15) is 0 Å². The normalized spacial score (nSPS) is 14.0. The number of unbranched alkanes of at least 4 members (excludes halogenated alkanes) is 27. The van der Waals surface area contributed by atoms with Crippen LogP contribution in [0.2, 0.25) is 0 Å². The molecule has 0 N–H and O–H groups in total. The molecule has 0 aliphatic carbocycles. The molecule has 0 radical (unpaired) electrons. The second-order valence-corrected chi connectivity index (χ2v) is 24.9. The number of likely N-dealkylation sites (N-methyl/N-ethyl adjacent to an activating group) is 1. The number of hydrogen-bond acceptors (Lipinski definition) is 8. The van der Waals surface area contributed by atoms with Gasteiger partial charge in [-0.05, 0) is 89.9 Å². The van der Waals surface area contributed by atoms with Gasteiger partial charge in [0.25, 0.3) is 7.82 Å². The van der Waals surface area contributed by atoms with Crippen LogP contribution in [-0.4, -0.2) is 70.0 Å². The van der Waals surface area contributed by atoms with Gasteiger partial charge in [0.15, 0.2) is 6.10 Å². The minimum Gasteiger partial charge on any atom is -0.756 e. The van der Waals surface area contributed by atoms with Crippen LogP contribution in [0.3, 0.4) is 0 Å². The van der Waals surface area contributed by atoms with Crippen molar-refractivity contribution in [3.8, 4) is 0 Å². The van der Waals surface area contributed by atoms with Crippen LogP contribution in [0.1, 0.15) is 277 Å². The van der Waals surface area contributed by atoms with Crippen molar-refractivity contribution < 1.29 is 42.1 Å². The third-order valence-electron chi connectivity index (χ3n) is 14.2. The van der Waals surface area contributed by atoms with Gasteiger partial charge in [-0.3, -0.25) is 14.2 Å². The Labute approximate surface area is 511 Å². The Hall–Kier alpha value is -3.59. The van der Waals surface area contributed by atoms with Gasteiger partial charge in [0.2, 0.25) is 0 Å². The van der Waals surface area contributed by atoms with Gasteiger partial charge in [0.05, 0.1) is 27.7 Å². The highest BCUT2D eigenvalue weighted by Crippen LogP contribution is 2.38. The number of phosphoric ester groups is 1. The molecule has 0 aromatic heterocycles. The van der Waals surface area contributed by atoms with Crippen LogP contribution in [0.25, 0.3) is 0 Å². The maximum Gasteiger partial charge on any atom is 0.306 e. The monoisotopic (exact) mass is 1180 g/mol. The molecule has 83 heavy (non-hydrogen) atoms. The molecule has 0 aromatic rings.